The zero-order chi connectivity index (χ0) is 12.3. The van der Waals surface area contributed by atoms with Crippen molar-refractivity contribution in [2.45, 2.75) is 32.7 Å². The van der Waals surface area contributed by atoms with E-state index in [9.17, 15) is 4.79 Å². The lowest BCUT2D eigenvalue weighted by Gasteiger charge is -2.06. The van der Waals surface area contributed by atoms with Crippen LogP contribution < -0.4 is 0 Å². The van der Waals surface area contributed by atoms with Gasteiger partial charge in [0.1, 0.15) is 5.78 Å². The van der Waals surface area contributed by atoms with Crippen LogP contribution in [0.2, 0.25) is 5.02 Å². The van der Waals surface area contributed by atoms with E-state index in [0.29, 0.717) is 6.42 Å². The van der Waals surface area contributed by atoms with Gasteiger partial charge < -0.3 is 9.36 Å². The number of hydrogen-bond donors (Lipinski definition) is 0. The average molecular weight is 250 g/mol. The Balaban J connectivity index is 2.06. The summed E-state index contributed by atoms with van der Waals surface area (Å²) in [7, 11) is 0. The van der Waals surface area contributed by atoms with Crippen LogP contribution in [-0.2, 0) is 11.3 Å². The molecule has 1 aromatic carbocycles. The number of unbranched alkanes of at least 4 members (excludes halogenated alkanes) is 1. The molecule has 0 spiro atoms. The molecule has 2 rings (SSSR count). The molecule has 0 unspecified atom stereocenters. The monoisotopic (exact) mass is 249 g/mol. The molecule has 0 amide bonds. The number of ketones is 1. The average Bonchev–Trinajstić information content (AvgIpc) is 2.69. The number of aryl methyl sites for hydroxylation is 1. The molecule has 2 nitrogen and oxygen atoms in total. The van der Waals surface area contributed by atoms with E-state index in [0.717, 1.165) is 29.9 Å². The number of fused-ring (bicyclic) bond motifs is 1. The predicted molar refractivity (Wildman–Crippen MR) is 71.5 cm³/mol. The summed E-state index contributed by atoms with van der Waals surface area (Å²) in [6, 6.07) is 8.01. The number of nitrogens with zero attached hydrogens (tertiary/aromatic N) is 1. The SMILES string of the molecule is CC(=O)CCCCn1ccc2cccc(Cl)c21. The van der Waals surface area contributed by atoms with Gasteiger partial charge in [-0.15, -0.1) is 0 Å². The number of halogens is 1. The van der Waals surface area contributed by atoms with Crippen LogP contribution in [0.15, 0.2) is 30.5 Å². The van der Waals surface area contributed by atoms with Crippen LogP contribution in [0.25, 0.3) is 10.9 Å². The molecule has 0 fully saturated rings. The van der Waals surface area contributed by atoms with Crippen molar-refractivity contribution in [1.29, 1.82) is 0 Å². The third-order valence-electron chi connectivity index (χ3n) is 2.92. The van der Waals surface area contributed by atoms with E-state index in [2.05, 4.69) is 22.9 Å². The summed E-state index contributed by atoms with van der Waals surface area (Å²) in [4.78, 5) is 10.8. The summed E-state index contributed by atoms with van der Waals surface area (Å²) in [5.41, 5.74) is 1.09. The minimum Gasteiger partial charge on any atom is -0.346 e. The molecule has 0 atom stereocenters. The molecule has 1 aromatic heterocycles. The minimum absolute atomic E-state index is 0.264. The number of Topliss-reactive ketones (excluding diaryl/α,β-unsaturated/α-hetero) is 1. The first kappa shape index (κ1) is 12.2. The molecule has 0 bridgehead atoms. The van der Waals surface area contributed by atoms with Crippen LogP contribution in [0.1, 0.15) is 26.2 Å². The summed E-state index contributed by atoms with van der Waals surface area (Å²) in [5.74, 6) is 0.264. The molecule has 0 saturated carbocycles. The van der Waals surface area contributed by atoms with Gasteiger partial charge in [0.25, 0.3) is 0 Å². The molecule has 0 aliphatic rings. The number of para-hydroxylation sites is 1. The summed E-state index contributed by atoms with van der Waals surface area (Å²) < 4.78 is 2.16. The topological polar surface area (TPSA) is 22.0 Å². The van der Waals surface area contributed by atoms with Crippen molar-refractivity contribution in [3.8, 4) is 0 Å². The van der Waals surface area contributed by atoms with E-state index in [4.69, 9.17) is 11.6 Å². The summed E-state index contributed by atoms with van der Waals surface area (Å²) in [5, 5.41) is 1.96. The molecular formula is C14H16ClNO. The normalized spacial score (nSPS) is 10.9. The largest absolute Gasteiger partial charge is 0.346 e. The summed E-state index contributed by atoms with van der Waals surface area (Å²) >= 11 is 6.19. The van der Waals surface area contributed by atoms with Gasteiger partial charge in [0.05, 0.1) is 10.5 Å². The van der Waals surface area contributed by atoms with Crippen LogP contribution >= 0.6 is 11.6 Å². The van der Waals surface area contributed by atoms with Gasteiger partial charge in [-0.3, -0.25) is 0 Å². The molecule has 0 radical (unpaired) electrons. The second-order valence-corrected chi connectivity index (χ2v) is 4.75. The van der Waals surface area contributed by atoms with Crippen LogP contribution in [0, 0.1) is 0 Å². The maximum Gasteiger partial charge on any atom is 0.129 e. The van der Waals surface area contributed by atoms with Crippen molar-refractivity contribution < 1.29 is 4.79 Å². The lowest BCUT2D eigenvalue weighted by atomic mass is 10.2. The highest BCUT2D eigenvalue weighted by atomic mass is 35.5. The van der Waals surface area contributed by atoms with Crippen LogP contribution in [-0.4, -0.2) is 10.4 Å². The molecule has 0 saturated heterocycles. The van der Waals surface area contributed by atoms with Crippen LogP contribution in [0.4, 0.5) is 0 Å². The van der Waals surface area contributed by atoms with E-state index in [1.807, 2.05) is 12.1 Å². The first-order chi connectivity index (χ1) is 8.18. The van der Waals surface area contributed by atoms with E-state index in [-0.39, 0.29) is 5.78 Å². The molecule has 3 heteroatoms. The molecule has 90 valence electrons. The third kappa shape index (κ3) is 2.89. The Morgan fingerprint density at radius 3 is 2.88 bits per heavy atom. The first-order valence-corrected chi connectivity index (χ1v) is 6.29. The van der Waals surface area contributed by atoms with Crippen LogP contribution in [0.5, 0.6) is 0 Å². The predicted octanol–water partition coefficient (Wildman–Crippen LogP) is 4.05. The van der Waals surface area contributed by atoms with Crippen molar-refractivity contribution in [1.82, 2.24) is 4.57 Å². The van der Waals surface area contributed by atoms with Crippen molar-refractivity contribution in [2.75, 3.05) is 0 Å². The summed E-state index contributed by atoms with van der Waals surface area (Å²) in [6.07, 6.45) is 4.69. The van der Waals surface area contributed by atoms with E-state index in [1.165, 1.54) is 5.39 Å². The smallest absolute Gasteiger partial charge is 0.129 e. The summed E-state index contributed by atoms with van der Waals surface area (Å²) in [6.45, 7) is 2.56. The zero-order valence-corrected chi connectivity index (χ0v) is 10.7. The van der Waals surface area contributed by atoms with Gasteiger partial charge in [0.2, 0.25) is 0 Å². The molecule has 0 aliphatic heterocycles. The second-order valence-electron chi connectivity index (χ2n) is 4.35. The van der Waals surface area contributed by atoms with Gasteiger partial charge in [-0.1, -0.05) is 23.7 Å². The number of carbonyl (C=O) groups is 1. The highest BCUT2D eigenvalue weighted by molar-refractivity contribution is 6.35. The van der Waals surface area contributed by atoms with Gasteiger partial charge in [0, 0.05) is 24.5 Å². The maximum atomic E-state index is 10.8. The maximum absolute atomic E-state index is 10.8. The molecule has 17 heavy (non-hydrogen) atoms. The molecule has 0 aliphatic carbocycles. The zero-order valence-electron chi connectivity index (χ0n) is 9.95. The van der Waals surface area contributed by atoms with Crippen molar-refractivity contribution in [3.63, 3.8) is 0 Å². The Kier molecular flexibility index (Phi) is 3.85. The lowest BCUT2D eigenvalue weighted by molar-refractivity contribution is -0.117. The molecule has 2 aromatic rings. The fourth-order valence-electron chi connectivity index (χ4n) is 2.06. The fourth-order valence-corrected chi connectivity index (χ4v) is 2.35. The Morgan fingerprint density at radius 2 is 2.12 bits per heavy atom. The Morgan fingerprint density at radius 1 is 1.29 bits per heavy atom. The lowest BCUT2D eigenvalue weighted by Crippen LogP contribution is -1.98. The van der Waals surface area contributed by atoms with Gasteiger partial charge >= 0.3 is 0 Å². The molecule has 1 heterocycles. The van der Waals surface area contributed by atoms with Gasteiger partial charge in [-0.2, -0.15) is 0 Å². The van der Waals surface area contributed by atoms with E-state index >= 15 is 0 Å². The Bertz CT molecular complexity index is 530. The van der Waals surface area contributed by atoms with Gasteiger partial charge in [-0.05, 0) is 31.9 Å². The highest BCUT2D eigenvalue weighted by Crippen LogP contribution is 2.24. The highest BCUT2D eigenvalue weighted by Gasteiger charge is 2.04. The third-order valence-corrected chi connectivity index (χ3v) is 3.22. The fraction of sp³-hybridized carbons (Fsp3) is 0.357. The van der Waals surface area contributed by atoms with Crippen LogP contribution in [0.3, 0.4) is 0 Å². The molecule has 0 N–H and O–H groups in total. The first-order valence-electron chi connectivity index (χ1n) is 5.91. The Hall–Kier alpha value is -1.28. The van der Waals surface area contributed by atoms with E-state index < -0.39 is 0 Å². The Labute approximate surface area is 106 Å². The van der Waals surface area contributed by atoms with Crippen molar-refractivity contribution in [2.24, 2.45) is 0 Å². The number of aromatic nitrogens is 1. The molecular weight excluding hydrogens is 234 g/mol. The van der Waals surface area contributed by atoms with Crippen molar-refractivity contribution in [3.05, 3.63) is 35.5 Å². The van der Waals surface area contributed by atoms with Gasteiger partial charge in [-0.25, -0.2) is 0 Å². The standard InChI is InChI=1S/C14H16ClNO/c1-11(17)5-2-3-9-16-10-8-12-6-4-7-13(15)14(12)16/h4,6-8,10H,2-3,5,9H2,1H3. The number of benzene rings is 1. The van der Waals surface area contributed by atoms with Gasteiger partial charge in [0.15, 0.2) is 0 Å². The van der Waals surface area contributed by atoms with Crippen molar-refractivity contribution >= 4 is 28.3 Å². The van der Waals surface area contributed by atoms with E-state index in [1.54, 1.807) is 6.92 Å². The second kappa shape index (κ2) is 5.37. The number of rotatable bonds is 5. The number of carbonyl (C=O) groups excluding carboxylic acids is 1. The number of hydrogen-bond acceptors (Lipinski definition) is 1. The minimum atomic E-state index is 0.264. The quantitative estimate of drug-likeness (QED) is 0.733.